The minimum absolute atomic E-state index is 0.00362. The number of carbonyl (C=O) groups excluding carboxylic acids is 1. The van der Waals surface area contributed by atoms with Gasteiger partial charge in [-0.05, 0) is 43.0 Å². The van der Waals surface area contributed by atoms with Crippen LogP contribution in [-0.2, 0) is 14.3 Å². The zero-order valence-corrected chi connectivity index (χ0v) is 14.8. The molecule has 2 aliphatic rings. The van der Waals surface area contributed by atoms with Gasteiger partial charge in [0.05, 0.1) is 24.9 Å². The van der Waals surface area contributed by atoms with E-state index in [1.807, 2.05) is 22.9 Å². The molecule has 2 saturated heterocycles. The number of nitrogens with zero attached hydrogens (tertiary/aromatic N) is 3. The van der Waals surface area contributed by atoms with Crippen LogP contribution in [0.25, 0.3) is 17.0 Å². The van der Waals surface area contributed by atoms with E-state index in [1.165, 1.54) is 0 Å². The Morgan fingerprint density at radius 2 is 2.08 bits per heavy atom. The van der Waals surface area contributed by atoms with Gasteiger partial charge in [0.25, 0.3) is 0 Å². The summed E-state index contributed by atoms with van der Waals surface area (Å²) in [5.74, 6) is -0.00362. The first-order valence-corrected chi connectivity index (χ1v) is 9.15. The number of rotatable bonds is 3. The first-order chi connectivity index (χ1) is 12.7. The maximum atomic E-state index is 12.3. The van der Waals surface area contributed by atoms with Crippen LogP contribution in [0.4, 0.5) is 5.69 Å². The van der Waals surface area contributed by atoms with Crippen LogP contribution in [0, 0.1) is 0 Å². The topological polar surface area (TPSA) is 82.6 Å². The van der Waals surface area contributed by atoms with Gasteiger partial charge in [-0.25, -0.2) is 4.68 Å². The van der Waals surface area contributed by atoms with E-state index in [0.29, 0.717) is 32.0 Å². The van der Waals surface area contributed by atoms with Gasteiger partial charge < -0.3 is 20.1 Å². The Kier molecular flexibility index (Phi) is 4.90. The van der Waals surface area contributed by atoms with Crippen molar-refractivity contribution in [1.82, 2.24) is 14.7 Å². The highest BCUT2D eigenvalue weighted by atomic mass is 16.5. The fourth-order valence-corrected chi connectivity index (χ4v) is 3.49. The molecule has 2 aliphatic heterocycles. The zero-order valence-electron chi connectivity index (χ0n) is 14.8. The van der Waals surface area contributed by atoms with E-state index >= 15 is 0 Å². The first-order valence-electron chi connectivity index (χ1n) is 9.15. The van der Waals surface area contributed by atoms with E-state index in [4.69, 9.17) is 15.2 Å². The van der Waals surface area contributed by atoms with Crippen molar-refractivity contribution in [3.05, 3.63) is 30.0 Å². The molecule has 0 radical (unpaired) electrons. The number of hydrogen-bond acceptors (Lipinski definition) is 5. The lowest BCUT2D eigenvalue weighted by Gasteiger charge is -2.25. The Morgan fingerprint density at radius 3 is 2.85 bits per heavy atom. The van der Waals surface area contributed by atoms with Gasteiger partial charge in [-0.15, -0.1) is 0 Å². The number of fused-ring (bicyclic) bond motifs is 1. The number of benzene rings is 1. The summed E-state index contributed by atoms with van der Waals surface area (Å²) in [5, 5.41) is 5.40. The van der Waals surface area contributed by atoms with Crippen molar-refractivity contribution in [3.63, 3.8) is 0 Å². The summed E-state index contributed by atoms with van der Waals surface area (Å²) in [6.07, 6.45) is 8.33. The van der Waals surface area contributed by atoms with Crippen LogP contribution in [-0.4, -0.2) is 53.5 Å². The molecule has 0 spiro atoms. The highest BCUT2D eigenvalue weighted by Crippen LogP contribution is 2.29. The fraction of sp³-hybridized carbons (Fsp3) is 0.474. The number of nitrogen functional groups attached to an aromatic ring is 1. The third-order valence-electron chi connectivity index (χ3n) is 4.94. The van der Waals surface area contributed by atoms with E-state index in [9.17, 15) is 4.79 Å². The summed E-state index contributed by atoms with van der Waals surface area (Å²) in [7, 11) is 0. The Morgan fingerprint density at radius 1 is 1.23 bits per heavy atom. The minimum Gasteiger partial charge on any atom is -0.398 e. The number of amides is 1. The second-order valence-corrected chi connectivity index (χ2v) is 6.72. The van der Waals surface area contributed by atoms with E-state index in [1.54, 1.807) is 17.2 Å². The summed E-state index contributed by atoms with van der Waals surface area (Å²) >= 11 is 0. The molecular formula is C19H24N4O3. The van der Waals surface area contributed by atoms with Gasteiger partial charge in [0.1, 0.15) is 0 Å². The fourth-order valence-electron chi connectivity index (χ4n) is 3.49. The van der Waals surface area contributed by atoms with Crippen LogP contribution in [0.1, 0.15) is 31.1 Å². The summed E-state index contributed by atoms with van der Waals surface area (Å²) in [4.78, 5) is 14.1. The molecule has 1 aromatic heterocycles. The molecule has 1 unspecified atom stereocenters. The zero-order chi connectivity index (χ0) is 17.9. The summed E-state index contributed by atoms with van der Waals surface area (Å²) in [6, 6.07) is 3.89. The van der Waals surface area contributed by atoms with Crippen LogP contribution in [0.5, 0.6) is 0 Å². The second-order valence-electron chi connectivity index (χ2n) is 6.72. The standard InChI is InChI=1S/C19H24N4O3/c20-16-11-14(4-5-18(24)22-6-9-25-10-7-22)12-17-15(16)13-21-23(17)19-3-1-2-8-26-19/h4-5,11-13,19H,1-3,6-10,20H2/b5-4+. The van der Waals surface area contributed by atoms with Crippen LogP contribution in [0.3, 0.4) is 0 Å². The highest BCUT2D eigenvalue weighted by molar-refractivity contribution is 5.95. The molecule has 26 heavy (non-hydrogen) atoms. The van der Waals surface area contributed by atoms with Gasteiger partial charge in [0.15, 0.2) is 6.23 Å². The van der Waals surface area contributed by atoms with Crippen molar-refractivity contribution in [2.24, 2.45) is 0 Å². The van der Waals surface area contributed by atoms with E-state index in [2.05, 4.69) is 5.10 Å². The molecule has 138 valence electrons. The number of nitrogens with two attached hydrogens (primary N) is 1. The van der Waals surface area contributed by atoms with Gasteiger partial charge in [0.2, 0.25) is 5.91 Å². The molecule has 7 heteroatoms. The molecule has 3 heterocycles. The van der Waals surface area contributed by atoms with Crippen LogP contribution >= 0.6 is 0 Å². The smallest absolute Gasteiger partial charge is 0.246 e. The Hall–Kier alpha value is -2.38. The highest BCUT2D eigenvalue weighted by Gasteiger charge is 2.19. The molecule has 7 nitrogen and oxygen atoms in total. The SMILES string of the molecule is Nc1cc(/C=C/C(=O)N2CCOCC2)cc2c1cnn2C1CCCCO1. The number of anilines is 1. The number of morpholine rings is 1. The predicted molar refractivity (Wildman–Crippen MR) is 99.4 cm³/mol. The second kappa shape index (κ2) is 7.47. The largest absolute Gasteiger partial charge is 0.398 e. The van der Waals surface area contributed by atoms with Gasteiger partial charge in [-0.3, -0.25) is 4.79 Å². The number of aromatic nitrogens is 2. The molecule has 0 aliphatic carbocycles. The normalized spacial score (nSPS) is 21.5. The molecule has 4 rings (SSSR count). The monoisotopic (exact) mass is 356 g/mol. The molecule has 0 saturated carbocycles. The molecule has 2 aromatic rings. The lowest BCUT2D eigenvalue weighted by molar-refractivity contribution is -0.129. The number of hydrogen-bond donors (Lipinski definition) is 1. The average molecular weight is 356 g/mol. The number of carbonyl (C=O) groups is 1. The van der Waals surface area contributed by atoms with Crippen molar-refractivity contribution in [2.45, 2.75) is 25.5 Å². The maximum Gasteiger partial charge on any atom is 0.246 e. The molecule has 1 amide bonds. The van der Waals surface area contributed by atoms with Gasteiger partial charge in [0, 0.05) is 36.8 Å². The van der Waals surface area contributed by atoms with Crippen molar-refractivity contribution in [1.29, 1.82) is 0 Å². The van der Waals surface area contributed by atoms with Crippen molar-refractivity contribution < 1.29 is 14.3 Å². The van der Waals surface area contributed by atoms with E-state index in [-0.39, 0.29) is 12.1 Å². The van der Waals surface area contributed by atoms with Crippen molar-refractivity contribution >= 4 is 28.6 Å². The van der Waals surface area contributed by atoms with Crippen molar-refractivity contribution in [2.75, 3.05) is 38.6 Å². The Bertz CT molecular complexity index is 818. The molecule has 1 aromatic carbocycles. The summed E-state index contributed by atoms with van der Waals surface area (Å²) in [6.45, 7) is 3.22. The lowest BCUT2D eigenvalue weighted by Crippen LogP contribution is -2.39. The Labute approximate surface area is 152 Å². The summed E-state index contributed by atoms with van der Waals surface area (Å²) < 4.78 is 13.0. The lowest BCUT2D eigenvalue weighted by atomic mass is 10.1. The third-order valence-corrected chi connectivity index (χ3v) is 4.94. The average Bonchev–Trinajstić information content (AvgIpc) is 3.12. The third kappa shape index (κ3) is 3.45. The molecule has 2 fully saturated rings. The van der Waals surface area contributed by atoms with E-state index in [0.717, 1.165) is 42.3 Å². The minimum atomic E-state index is -0.0464. The van der Waals surface area contributed by atoms with Crippen molar-refractivity contribution in [3.8, 4) is 0 Å². The molecule has 2 N–H and O–H groups in total. The number of ether oxygens (including phenoxy) is 2. The quantitative estimate of drug-likeness (QED) is 0.673. The Balaban J connectivity index is 1.59. The molecular weight excluding hydrogens is 332 g/mol. The van der Waals surface area contributed by atoms with Crippen LogP contribution in [0.2, 0.25) is 0 Å². The molecule has 0 bridgehead atoms. The van der Waals surface area contributed by atoms with Crippen LogP contribution in [0.15, 0.2) is 24.4 Å². The van der Waals surface area contributed by atoms with Gasteiger partial charge in [-0.2, -0.15) is 5.10 Å². The van der Waals surface area contributed by atoms with Crippen LogP contribution < -0.4 is 5.73 Å². The van der Waals surface area contributed by atoms with Gasteiger partial charge >= 0.3 is 0 Å². The maximum absolute atomic E-state index is 12.3. The summed E-state index contributed by atoms with van der Waals surface area (Å²) in [5.41, 5.74) is 8.69. The predicted octanol–water partition coefficient (Wildman–Crippen LogP) is 2.19. The first kappa shape index (κ1) is 17.1. The molecule has 1 atom stereocenters. The van der Waals surface area contributed by atoms with E-state index < -0.39 is 0 Å². The van der Waals surface area contributed by atoms with Gasteiger partial charge in [-0.1, -0.05) is 0 Å².